The van der Waals surface area contributed by atoms with E-state index < -0.39 is 0 Å². The highest BCUT2D eigenvalue weighted by atomic mass is 35.5. The Balaban J connectivity index is 1.83. The van der Waals surface area contributed by atoms with Crippen molar-refractivity contribution in [3.05, 3.63) is 22.7 Å². The van der Waals surface area contributed by atoms with Crippen LogP contribution < -0.4 is 14.8 Å². The molecule has 0 amide bonds. The zero-order chi connectivity index (χ0) is 13.9. The van der Waals surface area contributed by atoms with Gasteiger partial charge >= 0.3 is 0 Å². The van der Waals surface area contributed by atoms with Crippen LogP contribution in [0.5, 0.6) is 11.5 Å². The third-order valence-electron chi connectivity index (χ3n) is 4.00. The molecule has 1 aliphatic carbocycles. The molecule has 1 unspecified atom stereocenters. The highest BCUT2D eigenvalue weighted by Crippen LogP contribution is 2.39. The van der Waals surface area contributed by atoms with Crippen molar-refractivity contribution in [2.24, 2.45) is 0 Å². The summed E-state index contributed by atoms with van der Waals surface area (Å²) in [5, 5.41) is 4.30. The van der Waals surface area contributed by atoms with Crippen LogP contribution in [0.15, 0.2) is 12.1 Å². The van der Waals surface area contributed by atoms with Gasteiger partial charge in [-0.25, -0.2) is 0 Å². The van der Waals surface area contributed by atoms with Crippen LogP contribution in [0.2, 0.25) is 5.02 Å². The summed E-state index contributed by atoms with van der Waals surface area (Å²) in [6.45, 7) is 1.11. The van der Waals surface area contributed by atoms with Crippen LogP contribution in [-0.2, 0) is 6.42 Å². The Kier molecular flexibility index (Phi) is 4.37. The van der Waals surface area contributed by atoms with Gasteiger partial charge in [-0.1, -0.05) is 18.0 Å². The van der Waals surface area contributed by atoms with E-state index in [1.54, 1.807) is 7.11 Å². The average molecular weight is 296 g/mol. The van der Waals surface area contributed by atoms with Crippen LogP contribution in [0.25, 0.3) is 0 Å². The van der Waals surface area contributed by atoms with Gasteiger partial charge in [0.1, 0.15) is 0 Å². The molecule has 110 valence electrons. The molecule has 3 nitrogen and oxygen atoms in total. The Morgan fingerprint density at radius 2 is 2.10 bits per heavy atom. The number of hydrogen-bond donors (Lipinski definition) is 1. The highest BCUT2D eigenvalue weighted by Gasteiger charge is 2.27. The number of rotatable bonds is 5. The predicted molar refractivity (Wildman–Crippen MR) is 81.0 cm³/mol. The molecule has 1 atom stereocenters. The zero-order valence-corrected chi connectivity index (χ0v) is 12.7. The maximum atomic E-state index is 6.21. The second-order valence-electron chi connectivity index (χ2n) is 5.76. The molecule has 1 aliphatic heterocycles. The van der Waals surface area contributed by atoms with E-state index in [0.717, 1.165) is 42.3 Å². The fraction of sp³-hybridized carbons (Fsp3) is 0.625. The Bertz CT molecular complexity index is 468. The lowest BCUT2D eigenvalue weighted by Gasteiger charge is -2.25. The number of benzene rings is 1. The van der Waals surface area contributed by atoms with Gasteiger partial charge in [0.2, 0.25) is 0 Å². The number of halogens is 1. The largest absolute Gasteiger partial charge is 0.493 e. The minimum atomic E-state index is 0.364. The van der Waals surface area contributed by atoms with E-state index in [-0.39, 0.29) is 0 Å². The van der Waals surface area contributed by atoms with Gasteiger partial charge < -0.3 is 14.8 Å². The van der Waals surface area contributed by atoms with Gasteiger partial charge in [0, 0.05) is 22.7 Å². The lowest BCUT2D eigenvalue weighted by Crippen LogP contribution is -2.35. The van der Waals surface area contributed by atoms with E-state index in [1.165, 1.54) is 24.8 Å². The molecule has 1 saturated heterocycles. The molecule has 1 aromatic rings. The summed E-state index contributed by atoms with van der Waals surface area (Å²) in [6.07, 6.45) is 7.41. The molecule has 1 N–H and O–H groups in total. The maximum absolute atomic E-state index is 6.21. The molecule has 0 spiro atoms. The number of nitrogens with one attached hydrogen (secondary N) is 1. The van der Waals surface area contributed by atoms with Crippen LogP contribution in [-0.4, -0.2) is 25.8 Å². The Labute approximate surface area is 125 Å². The molecule has 20 heavy (non-hydrogen) atoms. The zero-order valence-electron chi connectivity index (χ0n) is 12.0. The number of methoxy groups -OCH3 is 1. The molecule has 2 aliphatic rings. The normalized spacial score (nSPS) is 22.6. The second kappa shape index (κ2) is 6.23. The van der Waals surface area contributed by atoms with Crippen molar-refractivity contribution in [2.45, 2.75) is 50.7 Å². The molecule has 1 heterocycles. The van der Waals surface area contributed by atoms with Gasteiger partial charge in [0.25, 0.3) is 0 Å². The summed E-state index contributed by atoms with van der Waals surface area (Å²) in [4.78, 5) is 0. The van der Waals surface area contributed by atoms with Crippen molar-refractivity contribution < 1.29 is 9.47 Å². The molecule has 4 heteroatoms. The van der Waals surface area contributed by atoms with Crippen LogP contribution in [0.1, 0.15) is 37.7 Å². The van der Waals surface area contributed by atoms with Crippen molar-refractivity contribution in [1.29, 1.82) is 0 Å². The first-order valence-electron chi connectivity index (χ1n) is 7.52. The predicted octanol–water partition coefficient (Wildman–Crippen LogP) is 3.57. The minimum Gasteiger partial charge on any atom is -0.493 e. The number of hydrogen-bond acceptors (Lipinski definition) is 3. The molecule has 2 fully saturated rings. The molecule has 1 aromatic carbocycles. The van der Waals surface area contributed by atoms with Crippen LogP contribution in [0.4, 0.5) is 0 Å². The van der Waals surface area contributed by atoms with E-state index in [4.69, 9.17) is 21.1 Å². The Morgan fingerprint density at radius 3 is 2.75 bits per heavy atom. The van der Waals surface area contributed by atoms with Crippen LogP contribution in [0, 0.1) is 0 Å². The lowest BCUT2D eigenvalue weighted by atomic mass is 9.97. The van der Waals surface area contributed by atoms with E-state index in [2.05, 4.69) is 5.32 Å². The molecule has 0 radical (unpaired) electrons. The fourth-order valence-electron chi connectivity index (χ4n) is 2.78. The van der Waals surface area contributed by atoms with Crippen molar-refractivity contribution in [3.8, 4) is 11.5 Å². The van der Waals surface area contributed by atoms with Gasteiger partial charge in [-0.05, 0) is 44.7 Å². The van der Waals surface area contributed by atoms with Crippen molar-refractivity contribution >= 4 is 11.6 Å². The van der Waals surface area contributed by atoms with Gasteiger partial charge in [-0.2, -0.15) is 0 Å². The summed E-state index contributed by atoms with van der Waals surface area (Å²) in [5.41, 5.74) is 1.17. The quantitative estimate of drug-likeness (QED) is 0.901. The summed E-state index contributed by atoms with van der Waals surface area (Å²) in [6, 6.07) is 4.39. The standard InChI is InChI=1S/C16H22ClNO2/c1-19-15-10-12(17)8-11(16(15)20-14-5-6-14)9-13-4-2-3-7-18-13/h8,10,13-14,18H,2-7,9H2,1H3. The maximum Gasteiger partial charge on any atom is 0.164 e. The molecule has 1 saturated carbocycles. The first kappa shape index (κ1) is 14.0. The van der Waals surface area contributed by atoms with Crippen LogP contribution >= 0.6 is 11.6 Å². The van der Waals surface area contributed by atoms with E-state index >= 15 is 0 Å². The van der Waals surface area contributed by atoms with Crippen molar-refractivity contribution in [1.82, 2.24) is 5.32 Å². The lowest BCUT2D eigenvalue weighted by molar-refractivity contribution is 0.277. The Hall–Kier alpha value is -0.930. The molecular formula is C16H22ClNO2. The van der Waals surface area contributed by atoms with E-state index in [0.29, 0.717) is 12.1 Å². The van der Waals surface area contributed by atoms with Gasteiger partial charge in [-0.15, -0.1) is 0 Å². The van der Waals surface area contributed by atoms with Gasteiger partial charge in [0.05, 0.1) is 13.2 Å². The summed E-state index contributed by atoms with van der Waals surface area (Å²) in [5.74, 6) is 1.65. The van der Waals surface area contributed by atoms with Crippen molar-refractivity contribution in [2.75, 3.05) is 13.7 Å². The summed E-state index contributed by atoms with van der Waals surface area (Å²) < 4.78 is 11.5. The number of ether oxygens (including phenoxy) is 2. The number of piperidine rings is 1. The summed E-state index contributed by atoms with van der Waals surface area (Å²) in [7, 11) is 1.67. The first-order valence-corrected chi connectivity index (χ1v) is 7.90. The van der Waals surface area contributed by atoms with E-state index in [1.807, 2.05) is 12.1 Å². The van der Waals surface area contributed by atoms with Gasteiger partial charge in [-0.3, -0.25) is 0 Å². The molecule has 0 bridgehead atoms. The second-order valence-corrected chi connectivity index (χ2v) is 6.20. The minimum absolute atomic E-state index is 0.364. The topological polar surface area (TPSA) is 30.5 Å². The first-order chi connectivity index (χ1) is 9.76. The average Bonchev–Trinajstić information content (AvgIpc) is 3.26. The monoisotopic (exact) mass is 295 g/mol. The smallest absolute Gasteiger partial charge is 0.164 e. The SMILES string of the molecule is COc1cc(Cl)cc(CC2CCCCN2)c1OC1CC1. The van der Waals surface area contributed by atoms with Gasteiger partial charge in [0.15, 0.2) is 11.5 Å². The van der Waals surface area contributed by atoms with Crippen LogP contribution in [0.3, 0.4) is 0 Å². The third-order valence-corrected chi connectivity index (χ3v) is 4.22. The molecular weight excluding hydrogens is 274 g/mol. The highest BCUT2D eigenvalue weighted by molar-refractivity contribution is 6.30. The van der Waals surface area contributed by atoms with Crippen molar-refractivity contribution in [3.63, 3.8) is 0 Å². The molecule has 3 rings (SSSR count). The fourth-order valence-corrected chi connectivity index (χ4v) is 3.01. The van der Waals surface area contributed by atoms with E-state index in [9.17, 15) is 0 Å². The summed E-state index contributed by atoms with van der Waals surface area (Å²) >= 11 is 6.21. The Morgan fingerprint density at radius 1 is 1.25 bits per heavy atom. The molecule has 0 aromatic heterocycles. The third kappa shape index (κ3) is 3.39.